The van der Waals surface area contributed by atoms with E-state index in [1.807, 2.05) is 6.92 Å². The van der Waals surface area contributed by atoms with Crippen LogP contribution in [0.5, 0.6) is 0 Å². The van der Waals surface area contributed by atoms with Crippen LogP contribution in [0.25, 0.3) is 0 Å². The molecule has 0 unspecified atom stereocenters. The molecule has 0 aromatic carbocycles. The van der Waals surface area contributed by atoms with Crippen molar-refractivity contribution < 1.29 is 4.52 Å². The van der Waals surface area contributed by atoms with Gasteiger partial charge < -0.3 is 0 Å². The van der Waals surface area contributed by atoms with Crippen LogP contribution in [-0.2, 0) is 13.0 Å². The lowest BCUT2D eigenvalue weighted by Gasteiger charge is -1.99. The molecule has 0 spiro atoms. The van der Waals surface area contributed by atoms with Crippen molar-refractivity contribution in [3.8, 4) is 0 Å². The number of aromatic nitrogens is 4. The van der Waals surface area contributed by atoms with E-state index >= 15 is 0 Å². The molecule has 0 saturated carbocycles. The van der Waals surface area contributed by atoms with Gasteiger partial charge in [0.05, 0.1) is 0 Å². The minimum Gasteiger partial charge on any atom is -0.296 e. The molecule has 6 heteroatoms. The van der Waals surface area contributed by atoms with E-state index in [9.17, 15) is 4.79 Å². The Morgan fingerprint density at radius 2 is 2.13 bits per heavy atom. The summed E-state index contributed by atoms with van der Waals surface area (Å²) in [6.07, 6.45) is 5.33. The maximum atomic E-state index is 11.2. The highest BCUT2D eigenvalue weighted by Crippen LogP contribution is 2.02. The van der Waals surface area contributed by atoms with E-state index in [0.29, 0.717) is 18.8 Å². The fourth-order valence-electron chi connectivity index (χ4n) is 1.34. The highest BCUT2D eigenvalue weighted by molar-refractivity contribution is 5.09. The van der Waals surface area contributed by atoms with Gasteiger partial charge in [0.2, 0.25) is 0 Å². The van der Waals surface area contributed by atoms with Gasteiger partial charge in [-0.15, -0.1) is 0 Å². The van der Waals surface area contributed by atoms with Gasteiger partial charge >= 0.3 is 5.76 Å². The van der Waals surface area contributed by atoms with Crippen molar-refractivity contribution in [3.63, 3.8) is 0 Å². The van der Waals surface area contributed by atoms with E-state index < -0.39 is 5.76 Å². The van der Waals surface area contributed by atoms with Gasteiger partial charge in [-0.2, -0.15) is 0 Å². The third kappa shape index (κ3) is 1.93. The summed E-state index contributed by atoms with van der Waals surface area (Å²) < 4.78 is 6.05. The Balaban J connectivity index is 2.29. The van der Waals surface area contributed by atoms with E-state index in [4.69, 9.17) is 0 Å². The monoisotopic (exact) mass is 206 g/mol. The van der Waals surface area contributed by atoms with Gasteiger partial charge in [0.15, 0.2) is 5.82 Å². The predicted molar refractivity (Wildman–Crippen MR) is 51.3 cm³/mol. The Morgan fingerprint density at radius 1 is 1.40 bits per heavy atom. The van der Waals surface area contributed by atoms with E-state index in [-0.39, 0.29) is 0 Å². The molecule has 6 nitrogen and oxygen atoms in total. The first-order valence-corrected chi connectivity index (χ1v) is 4.60. The summed E-state index contributed by atoms with van der Waals surface area (Å²) in [6, 6.07) is 0. The average Bonchev–Trinajstić information content (AvgIpc) is 2.61. The zero-order valence-electron chi connectivity index (χ0n) is 8.25. The molecule has 0 atom stereocenters. The maximum absolute atomic E-state index is 11.2. The lowest BCUT2D eigenvalue weighted by Crippen LogP contribution is -2.15. The van der Waals surface area contributed by atoms with Gasteiger partial charge in [0, 0.05) is 25.4 Å². The molecule has 0 aliphatic rings. The van der Waals surface area contributed by atoms with E-state index in [2.05, 4.69) is 19.6 Å². The second-order valence-electron chi connectivity index (χ2n) is 3.03. The summed E-state index contributed by atoms with van der Waals surface area (Å²) in [6.45, 7) is 2.41. The number of rotatable bonds is 3. The van der Waals surface area contributed by atoms with Crippen molar-refractivity contribution in [1.29, 1.82) is 0 Å². The molecule has 2 heterocycles. The molecule has 0 bridgehead atoms. The second-order valence-corrected chi connectivity index (χ2v) is 3.03. The summed E-state index contributed by atoms with van der Waals surface area (Å²) >= 11 is 0. The molecule has 0 aliphatic carbocycles. The molecular formula is C9H10N4O2. The summed E-state index contributed by atoms with van der Waals surface area (Å²) in [7, 11) is 0. The zero-order valence-corrected chi connectivity index (χ0v) is 8.25. The van der Waals surface area contributed by atoms with E-state index in [1.54, 1.807) is 12.4 Å². The molecule has 78 valence electrons. The lowest BCUT2D eigenvalue weighted by molar-refractivity contribution is 0.374. The molecule has 0 radical (unpaired) electrons. The highest BCUT2D eigenvalue weighted by atomic mass is 16.5. The largest absolute Gasteiger partial charge is 0.441 e. The Kier molecular flexibility index (Phi) is 2.57. The van der Waals surface area contributed by atoms with Crippen LogP contribution in [0.1, 0.15) is 18.3 Å². The summed E-state index contributed by atoms with van der Waals surface area (Å²) in [5.41, 5.74) is 0.896. The first-order chi connectivity index (χ1) is 7.31. The second kappa shape index (κ2) is 4.04. The Morgan fingerprint density at radius 3 is 2.80 bits per heavy atom. The van der Waals surface area contributed by atoms with Crippen molar-refractivity contribution in [3.05, 3.63) is 40.7 Å². The molecule has 0 amide bonds. The fraction of sp³-hybridized carbons (Fsp3) is 0.333. The first kappa shape index (κ1) is 9.57. The predicted octanol–water partition coefficient (Wildman–Crippen LogP) is 0.237. The maximum Gasteiger partial charge on any atom is 0.441 e. The van der Waals surface area contributed by atoms with Gasteiger partial charge in [-0.1, -0.05) is 5.16 Å². The highest BCUT2D eigenvalue weighted by Gasteiger charge is 2.09. The quantitative estimate of drug-likeness (QED) is 0.719. The minimum absolute atomic E-state index is 0.427. The molecule has 0 N–H and O–H groups in total. The van der Waals surface area contributed by atoms with Gasteiger partial charge in [0.25, 0.3) is 0 Å². The Bertz CT molecular complexity index is 488. The molecule has 15 heavy (non-hydrogen) atoms. The minimum atomic E-state index is -0.427. The van der Waals surface area contributed by atoms with Crippen molar-refractivity contribution in [2.75, 3.05) is 0 Å². The van der Waals surface area contributed by atoms with Gasteiger partial charge in [-0.05, 0) is 12.5 Å². The number of hydrogen-bond acceptors (Lipinski definition) is 5. The zero-order chi connectivity index (χ0) is 10.7. The normalized spacial score (nSPS) is 10.5. The van der Waals surface area contributed by atoms with Crippen LogP contribution in [0.2, 0.25) is 0 Å². The van der Waals surface area contributed by atoms with Crippen molar-refractivity contribution in [2.24, 2.45) is 0 Å². The summed E-state index contributed by atoms with van der Waals surface area (Å²) in [5.74, 6) is 0.168. The Hall–Kier alpha value is -1.98. The standard InChI is InChI=1S/C9H10N4O2/c1-2-13-8(12-15-9(13)14)3-7-4-10-6-11-5-7/h4-6H,2-3H2,1H3. The van der Waals surface area contributed by atoms with Crippen LogP contribution >= 0.6 is 0 Å². The fourth-order valence-corrected chi connectivity index (χ4v) is 1.34. The van der Waals surface area contributed by atoms with E-state index in [1.165, 1.54) is 10.9 Å². The van der Waals surface area contributed by atoms with Crippen LogP contribution in [0, 0.1) is 0 Å². The van der Waals surface area contributed by atoms with Crippen LogP contribution < -0.4 is 5.76 Å². The van der Waals surface area contributed by atoms with Gasteiger partial charge in [0.1, 0.15) is 6.33 Å². The lowest BCUT2D eigenvalue weighted by atomic mass is 10.2. The van der Waals surface area contributed by atoms with Crippen molar-refractivity contribution >= 4 is 0 Å². The summed E-state index contributed by atoms with van der Waals surface area (Å²) in [4.78, 5) is 18.9. The van der Waals surface area contributed by atoms with Crippen LogP contribution in [0.15, 0.2) is 28.0 Å². The third-order valence-corrected chi connectivity index (χ3v) is 2.05. The molecular weight excluding hydrogens is 196 g/mol. The van der Waals surface area contributed by atoms with Crippen LogP contribution in [0.3, 0.4) is 0 Å². The molecule has 2 aromatic rings. The van der Waals surface area contributed by atoms with Crippen molar-refractivity contribution in [1.82, 2.24) is 19.7 Å². The van der Waals surface area contributed by atoms with Crippen molar-refractivity contribution in [2.45, 2.75) is 19.9 Å². The van der Waals surface area contributed by atoms with Gasteiger partial charge in [-0.25, -0.2) is 14.8 Å². The SMILES string of the molecule is CCn1c(Cc2cncnc2)noc1=O. The smallest absolute Gasteiger partial charge is 0.296 e. The molecule has 0 aliphatic heterocycles. The Labute approximate surface area is 85.6 Å². The molecule has 2 aromatic heterocycles. The van der Waals surface area contributed by atoms with E-state index in [0.717, 1.165) is 5.56 Å². The number of hydrogen-bond donors (Lipinski definition) is 0. The van der Waals surface area contributed by atoms with Crippen LogP contribution in [-0.4, -0.2) is 19.7 Å². The topological polar surface area (TPSA) is 73.8 Å². The third-order valence-electron chi connectivity index (χ3n) is 2.05. The van der Waals surface area contributed by atoms with Gasteiger partial charge in [-0.3, -0.25) is 9.09 Å². The average molecular weight is 206 g/mol. The molecule has 2 rings (SSSR count). The first-order valence-electron chi connectivity index (χ1n) is 4.60. The number of nitrogens with zero attached hydrogens (tertiary/aromatic N) is 4. The molecule has 0 fully saturated rings. The molecule has 0 saturated heterocycles. The van der Waals surface area contributed by atoms with Crippen LogP contribution in [0.4, 0.5) is 0 Å². The summed E-state index contributed by atoms with van der Waals surface area (Å²) in [5, 5.41) is 3.70.